The molecule has 1 amide bonds. The van der Waals surface area contributed by atoms with Crippen molar-refractivity contribution in [2.45, 2.75) is 39.2 Å². The molecule has 3 rings (SSSR count). The first kappa shape index (κ1) is 18.0. The topological polar surface area (TPSA) is 49.3 Å². The molecule has 1 aliphatic rings. The molecule has 0 N–H and O–H groups in total. The number of amides is 1. The molecular weight excluding hydrogens is 332 g/mol. The predicted molar refractivity (Wildman–Crippen MR) is 101 cm³/mol. The molecule has 25 heavy (non-hydrogen) atoms. The van der Waals surface area contributed by atoms with Crippen LogP contribution < -0.4 is 0 Å². The monoisotopic (exact) mass is 358 g/mol. The Kier molecular flexibility index (Phi) is 5.49. The summed E-state index contributed by atoms with van der Waals surface area (Å²) in [4.78, 5) is 25.7. The molecule has 0 bridgehead atoms. The standard InChI is InChI=1S/C19H26N4OS/c1-19(2,3)18-21-16(14-25-18)13-22-9-4-10-23(12-11-22)17(24)15-5-7-20-8-6-15/h5-8,14H,4,9-13H2,1-3H3. The fourth-order valence-corrected chi connectivity index (χ4v) is 3.86. The van der Waals surface area contributed by atoms with Gasteiger partial charge in [0, 0.05) is 61.5 Å². The molecule has 0 saturated carbocycles. The van der Waals surface area contributed by atoms with Gasteiger partial charge in [0.15, 0.2) is 0 Å². The van der Waals surface area contributed by atoms with Crippen molar-refractivity contribution >= 4 is 17.2 Å². The minimum Gasteiger partial charge on any atom is -0.337 e. The molecule has 0 unspecified atom stereocenters. The third-order valence-electron chi connectivity index (χ3n) is 4.38. The van der Waals surface area contributed by atoms with Crippen molar-refractivity contribution in [3.05, 3.63) is 46.2 Å². The SMILES string of the molecule is CC(C)(C)c1nc(CN2CCCN(C(=O)c3ccncc3)CC2)cs1. The summed E-state index contributed by atoms with van der Waals surface area (Å²) < 4.78 is 0. The molecule has 0 atom stereocenters. The van der Waals surface area contributed by atoms with Crippen LogP contribution in [0.15, 0.2) is 29.9 Å². The van der Waals surface area contributed by atoms with Crippen LogP contribution in [0.2, 0.25) is 0 Å². The van der Waals surface area contributed by atoms with E-state index in [1.54, 1.807) is 35.9 Å². The van der Waals surface area contributed by atoms with Crippen LogP contribution in [0.4, 0.5) is 0 Å². The summed E-state index contributed by atoms with van der Waals surface area (Å²) in [7, 11) is 0. The maximum absolute atomic E-state index is 12.6. The van der Waals surface area contributed by atoms with Gasteiger partial charge in [-0.15, -0.1) is 11.3 Å². The van der Waals surface area contributed by atoms with Crippen LogP contribution in [0, 0.1) is 0 Å². The first-order chi connectivity index (χ1) is 11.9. The molecule has 3 heterocycles. The van der Waals surface area contributed by atoms with Gasteiger partial charge < -0.3 is 4.90 Å². The largest absolute Gasteiger partial charge is 0.337 e. The fraction of sp³-hybridized carbons (Fsp3) is 0.526. The van der Waals surface area contributed by atoms with Crippen LogP contribution in [-0.2, 0) is 12.0 Å². The van der Waals surface area contributed by atoms with Crippen molar-refractivity contribution in [2.75, 3.05) is 26.2 Å². The highest BCUT2D eigenvalue weighted by Crippen LogP contribution is 2.26. The second-order valence-electron chi connectivity index (χ2n) is 7.55. The van der Waals surface area contributed by atoms with Crippen LogP contribution in [-0.4, -0.2) is 51.9 Å². The lowest BCUT2D eigenvalue weighted by atomic mass is 9.98. The Hall–Kier alpha value is -1.79. The maximum Gasteiger partial charge on any atom is 0.254 e. The van der Waals surface area contributed by atoms with Gasteiger partial charge in [-0.2, -0.15) is 0 Å². The fourth-order valence-electron chi connectivity index (χ4n) is 2.96. The van der Waals surface area contributed by atoms with Gasteiger partial charge in [-0.05, 0) is 18.6 Å². The van der Waals surface area contributed by atoms with E-state index in [0.29, 0.717) is 0 Å². The zero-order chi connectivity index (χ0) is 17.9. The van der Waals surface area contributed by atoms with E-state index in [9.17, 15) is 4.79 Å². The molecule has 134 valence electrons. The molecule has 2 aromatic rings. The van der Waals surface area contributed by atoms with Crippen molar-refractivity contribution in [3.8, 4) is 0 Å². The Balaban J connectivity index is 1.58. The molecule has 1 aliphatic heterocycles. The summed E-state index contributed by atoms with van der Waals surface area (Å²) in [6.07, 6.45) is 4.34. The lowest BCUT2D eigenvalue weighted by Crippen LogP contribution is -2.35. The lowest BCUT2D eigenvalue weighted by molar-refractivity contribution is 0.0761. The number of carbonyl (C=O) groups excluding carboxylic acids is 1. The third kappa shape index (κ3) is 4.64. The quantitative estimate of drug-likeness (QED) is 0.845. The zero-order valence-corrected chi connectivity index (χ0v) is 16.1. The molecule has 0 aromatic carbocycles. The highest BCUT2D eigenvalue weighted by atomic mass is 32.1. The number of rotatable bonds is 3. The Morgan fingerprint density at radius 1 is 1.16 bits per heavy atom. The van der Waals surface area contributed by atoms with E-state index in [1.165, 1.54) is 5.01 Å². The lowest BCUT2D eigenvalue weighted by Gasteiger charge is -2.21. The molecule has 6 heteroatoms. The molecule has 5 nitrogen and oxygen atoms in total. The highest BCUT2D eigenvalue weighted by Gasteiger charge is 2.22. The number of pyridine rings is 1. The first-order valence-corrected chi connectivity index (χ1v) is 9.68. The van der Waals surface area contributed by atoms with E-state index in [2.05, 4.69) is 36.0 Å². The van der Waals surface area contributed by atoms with E-state index in [-0.39, 0.29) is 11.3 Å². The van der Waals surface area contributed by atoms with Crippen molar-refractivity contribution in [1.82, 2.24) is 19.8 Å². The highest BCUT2D eigenvalue weighted by molar-refractivity contribution is 7.09. The van der Waals surface area contributed by atoms with Crippen molar-refractivity contribution in [3.63, 3.8) is 0 Å². The van der Waals surface area contributed by atoms with Gasteiger partial charge in [-0.25, -0.2) is 4.98 Å². The zero-order valence-electron chi connectivity index (χ0n) is 15.2. The molecule has 0 radical (unpaired) electrons. The number of nitrogens with zero attached hydrogens (tertiary/aromatic N) is 4. The predicted octanol–water partition coefficient (Wildman–Crippen LogP) is 3.18. The second-order valence-corrected chi connectivity index (χ2v) is 8.41. The van der Waals surface area contributed by atoms with Gasteiger partial charge in [0.25, 0.3) is 5.91 Å². The van der Waals surface area contributed by atoms with Crippen LogP contribution >= 0.6 is 11.3 Å². The molecule has 1 saturated heterocycles. The first-order valence-electron chi connectivity index (χ1n) is 8.80. The van der Waals surface area contributed by atoms with Gasteiger partial charge in [-0.1, -0.05) is 20.8 Å². The minimum atomic E-state index is 0.105. The summed E-state index contributed by atoms with van der Waals surface area (Å²) in [5.41, 5.74) is 1.97. The average Bonchev–Trinajstić information content (AvgIpc) is 2.94. The third-order valence-corrected chi connectivity index (χ3v) is 5.70. The number of hydrogen-bond acceptors (Lipinski definition) is 5. The molecule has 1 fully saturated rings. The summed E-state index contributed by atoms with van der Waals surface area (Å²) in [5, 5.41) is 3.36. The molecular formula is C19H26N4OS. The molecule has 0 spiro atoms. The minimum absolute atomic E-state index is 0.105. The van der Waals surface area contributed by atoms with E-state index < -0.39 is 0 Å². The maximum atomic E-state index is 12.6. The van der Waals surface area contributed by atoms with Gasteiger partial charge in [0.2, 0.25) is 0 Å². The summed E-state index contributed by atoms with van der Waals surface area (Å²) in [6, 6.07) is 3.57. The van der Waals surface area contributed by atoms with Gasteiger partial charge in [-0.3, -0.25) is 14.7 Å². The van der Waals surface area contributed by atoms with Crippen molar-refractivity contribution in [1.29, 1.82) is 0 Å². The number of thiazole rings is 1. The van der Waals surface area contributed by atoms with Crippen LogP contribution in [0.3, 0.4) is 0 Å². The summed E-state index contributed by atoms with van der Waals surface area (Å²) >= 11 is 1.74. The Morgan fingerprint density at radius 3 is 2.60 bits per heavy atom. The van der Waals surface area contributed by atoms with Crippen LogP contribution in [0.5, 0.6) is 0 Å². The Bertz CT molecular complexity index is 708. The smallest absolute Gasteiger partial charge is 0.254 e. The van der Waals surface area contributed by atoms with Gasteiger partial charge in [0.05, 0.1) is 10.7 Å². The van der Waals surface area contributed by atoms with Gasteiger partial charge >= 0.3 is 0 Å². The van der Waals surface area contributed by atoms with E-state index in [0.717, 1.165) is 50.4 Å². The molecule has 0 aliphatic carbocycles. The Labute approximate surface area is 153 Å². The van der Waals surface area contributed by atoms with Gasteiger partial charge in [0.1, 0.15) is 0 Å². The van der Waals surface area contributed by atoms with Crippen LogP contribution in [0.25, 0.3) is 0 Å². The number of carbonyl (C=O) groups is 1. The summed E-state index contributed by atoms with van der Waals surface area (Å²) in [5.74, 6) is 0.105. The van der Waals surface area contributed by atoms with E-state index in [1.807, 2.05) is 4.90 Å². The Morgan fingerprint density at radius 2 is 1.92 bits per heavy atom. The second kappa shape index (κ2) is 7.62. The normalized spacial score (nSPS) is 16.7. The van der Waals surface area contributed by atoms with Crippen molar-refractivity contribution < 1.29 is 4.79 Å². The number of hydrogen-bond donors (Lipinski definition) is 0. The van der Waals surface area contributed by atoms with E-state index in [4.69, 9.17) is 4.98 Å². The molecule has 2 aromatic heterocycles. The average molecular weight is 359 g/mol. The van der Waals surface area contributed by atoms with Crippen molar-refractivity contribution in [2.24, 2.45) is 0 Å². The number of aromatic nitrogens is 2. The van der Waals surface area contributed by atoms with E-state index >= 15 is 0 Å². The van der Waals surface area contributed by atoms with Crippen LogP contribution in [0.1, 0.15) is 48.3 Å². The summed E-state index contributed by atoms with van der Waals surface area (Å²) in [6.45, 7) is 10.9.